The second kappa shape index (κ2) is 7.13. The molecule has 3 aromatic rings. The molecule has 1 fully saturated rings. The lowest BCUT2D eigenvalue weighted by molar-refractivity contribution is 0.0947. The molecular weight excluding hydrogens is 335 g/mol. The summed E-state index contributed by atoms with van der Waals surface area (Å²) in [5.74, 6) is 0.0629. The number of hydrogen-bond acceptors (Lipinski definition) is 4. The number of imidazole rings is 1. The number of carbonyl (C=O) groups is 1. The highest BCUT2D eigenvalue weighted by Crippen LogP contribution is 2.21. The maximum absolute atomic E-state index is 13.8. The first-order valence-electron chi connectivity index (χ1n) is 8.55. The molecule has 1 aliphatic rings. The highest BCUT2D eigenvalue weighted by molar-refractivity contribution is 5.99. The first-order valence-corrected chi connectivity index (χ1v) is 8.55. The first-order chi connectivity index (χ1) is 12.7. The van der Waals surface area contributed by atoms with Gasteiger partial charge in [0.1, 0.15) is 5.82 Å². The van der Waals surface area contributed by atoms with Crippen LogP contribution in [0.4, 0.5) is 10.3 Å². The van der Waals surface area contributed by atoms with E-state index < -0.39 is 0 Å². The number of ether oxygens (including phenoxy) is 1. The second-order valence-electron chi connectivity index (χ2n) is 6.09. The third-order valence-corrected chi connectivity index (χ3v) is 4.44. The molecule has 1 aromatic carbocycles. The van der Waals surface area contributed by atoms with E-state index in [2.05, 4.69) is 15.2 Å². The van der Waals surface area contributed by atoms with E-state index in [4.69, 9.17) is 4.74 Å². The van der Waals surface area contributed by atoms with E-state index in [0.29, 0.717) is 24.5 Å². The standard InChI is InChI=1S/C19H19FN4O2/c20-15-6-2-1-5-14(15)13-21-18(25)17-16-7-3-4-8-24(16)19(22-17)23-9-11-26-12-10-23/h1-8H,9-13H2,(H,21,25). The molecule has 6 nitrogen and oxygen atoms in total. The van der Waals surface area contributed by atoms with Gasteiger partial charge in [-0.2, -0.15) is 0 Å². The van der Waals surface area contributed by atoms with Crippen molar-refractivity contribution in [3.8, 4) is 0 Å². The zero-order chi connectivity index (χ0) is 17.9. The highest BCUT2D eigenvalue weighted by Gasteiger charge is 2.22. The largest absolute Gasteiger partial charge is 0.378 e. The number of aromatic nitrogens is 2. The number of hydrogen-bond donors (Lipinski definition) is 1. The van der Waals surface area contributed by atoms with E-state index in [-0.39, 0.29) is 18.3 Å². The first kappa shape index (κ1) is 16.5. The van der Waals surface area contributed by atoms with Crippen molar-refractivity contribution >= 4 is 17.4 Å². The maximum atomic E-state index is 13.8. The van der Waals surface area contributed by atoms with Crippen LogP contribution in [0.15, 0.2) is 48.7 Å². The Morgan fingerprint density at radius 3 is 2.73 bits per heavy atom. The normalized spacial score (nSPS) is 14.6. The predicted octanol–water partition coefficient (Wildman–Crippen LogP) is 2.24. The van der Waals surface area contributed by atoms with Crippen LogP contribution in [0.3, 0.4) is 0 Å². The lowest BCUT2D eigenvalue weighted by Gasteiger charge is -2.27. The molecule has 0 aliphatic carbocycles. The average Bonchev–Trinajstić information content (AvgIpc) is 3.08. The molecular formula is C19H19FN4O2. The van der Waals surface area contributed by atoms with Gasteiger partial charge in [-0.05, 0) is 18.2 Å². The van der Waals surface area contributed by atoms with Gasteiger partial charge in [0.05, 0.1) is 18.7 Å². The summed E-state index contributed by atoms with van der Waals surface area (Å²) in [5.41, 5.74) is 1.50. The number of fused-ring (bicyclic) bond motifs is 1. The summed E-state index contributed by atoms with van der Waals surface area (Å²) in [6.07, 6.45) is 1.89. The number of nitrogens with zero attached hydrogens (tertiary/aromatic N) is 3. The summed E-state index contributed by atoms with van der Waals surface area (Å²) in [6, 6.07) is 12.0. The summed E-state index contributed by atoms with van der Waals surface area (Å²) in [4.78, 5) is 19.4. The van der Waals surface area contributed by atoms with E-state index in [9.17, 15) is 9.18 Å². The molecule has 1 amide bonds. The van der Waals surface area contributed by atoms with Crippen LogP contribution in [0.25, 0.3) is 5.52 Å². The fourth-order valence-corrected chi connectivity index (χ4v) is 3.08. The van der Waals surface area contributed by atoms with Crippen molar-refractivity contribution in [2.75, 3.05) is 31.2 Å². The van der Waals surface area contributed by atoms with Crippen LogP contribution in [-0.2, 0) is 11.3 Å². The SMILES string of the molecule is O=C(NCc1ccccc1F)c1nc(N2CCOCC2)n2ccccc12. The quantitative estimate of drug-likeness (QED) is 0.781. The van der Waals surface area contributed by atoms with Crippen LogP contribution in [0, 0.1) is 5.82 Å². The Labute approximate surface area is 150 Å². The summed E-state index contributed by atoms with van der Waals surface area (Å²) in [7, 11) is 0. The van der Waals surface area contributed by atoms with Crippen LogP contribution >= 0.6 is 0 Å². The van der Waals surface area contributed by atoms with Crippen molar-refractivity contribution in [1.82, 2.24) is 14.7 Å². The smallest absolute Gasteiger partial charge is 0.272 e. The maximum Gasteiger partial charge on any atom is 0.272 e. The van der Waals surface area contributed by atoms with Gasteiger partial charge in [0.25, 0.3) is 5.91 Å². The molecule has 0 unspecified atom stereocenters. The van der Waals surface area contributed by atoms with Gasteiger partial charge in [-0.1, -0.05) is 24.3 Å². The monoisotopic (exact) mass is 354 g/mol. The molecule has 0 saturated carbocycles. The van der Waals surface area contributed by atoms with Crippen molar-refractivity contribution in [3.63, 3.8) is 0 Å². The Bertz CT molecular complexity index is 934. The number of carbonyl (C=O) groups excluding carboxylic acids is 1. The minimum atomic E-state index is -0.337. The molecule has 1 N–H and O–H groups in total. The van der Waals surface area contributed by atoms with Gasteiger partial charge < -0.3 is 15.0 Å². The van der Waals surface area contributed by atoms with E-state index in [1.807, 2.05) is 28.8 Å². The predicted molar refractivity (Wildman–Crippen MR) is 95.8 cm³/mol. The zero-order valence-corrected chi connectivity index (χ0v) is 14.2. The van der Waals surface area contributed by atoms with Crippen molar-refractivity contribution < 1.29 is 13.9 Å². The van der Waals surface area contributed by atoms with Crippen molar-refractivity contribution in [3.05, 3.63) is 65.7 Å². The molecule has 0 radical (unpaired) electrons. The number of rotatable bonds is 4. The topological polar surface area (TPSA) is 58.9 Å². The van der Waals surface area contributed by atoms with Gasteiger partial charge >= 0.3 is 0 Å². The molecule has 134 valence electrons. The molecule has 4 rings (SSSR count). The molecule has 0 atom stereocenters. The number of amides is 1. The van der Waals surface area contributed by atoms with Crippen molar-refractivity contribution in [2.24, 2.45) is 0 Å². The number of anilines is 1. The van der Waals surface area contributed by atoms with E-state index in [0.717, 1.165) is 24.6 Å². The van der Waals surface area contributed by atoms with Gasteiger partial charge in [-0.3, -0.25) is 9.20 Å². The van der Waals surface area contributed by atoms with Gasteiger partial charge in [-0.25, -0.2) is 9.37 Å². The zero-order valence-electron chi connectivity index (χ0n) is 14.2. The molecule has 0 spiro atoms. The Hall–Kier alpha value is -2.93. The average molecular weight is 354 g/mol. The number of benzene rings is 1. The lowest BCUT2D eigenvalue weighted by Crippen LogP contribution is -2.37. The van der Waals surface area contributed by atoms with Gasteiger partial charge in [0.2, 0.25) is 5.95 Å². The van der Waals surface area contributed by atoms with Crippen molar-refractivity contribution in [1.29, 1.82) is 0 Å². The molecule has 0 bridgehead atoms. The van der Waals surface area contributed by atoms with Crippen LogP contribution in [0.2, 0.25) is 0 Å². The Morgan fingerprint density at radius 1 is 1.15 bits per heavy atom. The Kier molecular flexibility index (Phi) is 4.53. The van der Waals surface area contributed by atoms with E-state index in [1.165, 1.54) is 6.07 Å². The van der Waals surface area contributed by atoms with Crippen LogP contribution < -0.4 is 10.2 Å². The van der Waals surface area contributed by atoms with Gasteiger partial charge in [-0.15, -0.1) is 0 Å². The molecule has 3 heterocycles. The molecule has 7 heteroatoms. The molecule has 26 heavy (non-hydrogen) atoms. The lowest BCUT2D eigenvalue weighted by atomic mass is 10.2. The highest BCUT2D eigenvalue weighted by atomic mass is 19.1. The van der Waals surface area contributed by atoms with Crippen LogP contribution in [0.5, 0.6) is 0 Å². The Balaban J connectivity index is 1.61. The molecule has 1 saturated heterocycles. The van der Waals surface area contributed by atoms with Gasteiger partial charge in [0, 0.05) is 31.4 Å². The van der Waals surface area contributed by atoms with E-state index in [1.54, 1.807) is 18.2 Å². The van der Waals surface area contributed by atoms with Crippen LogP contribution in [0.1, 0.15) is 16.1 Å². The minimum absolute atomic E-state index is 0.115. The fraction of sp³-hybridized carbons (Fsp3) is 0.263. The summed E-state index contributed by atoms with van der Waals surface area (Å²) in [6.45, 7) is 2.84. The van der Waals surface area contributed by atoms with Crippen LogP contribution in [-0.4, -0.2) is 41.6 Å². The second-order valence-corrected chi connectivity index (χ2v) is 6.09. The molecule has 2 aromatic heterocycles. The minimum Gasteiger partial charge on any atom is -0.378 e. The summed E-state index contributed by atoms with van der Waals surface area (Å²) >= 11 is 0. The van der Waals surface area contributed by atoms with Crippen molar-refractivity contribution in [2.45, 2.75) is 6.54 Å². The third-order valence-electron chi connectivity index (χ3n) is 4.44. The number of nitrogens with one attached hydrogen (secondary N) is 1. The molecule has 1 aliphatic heterocycles. The fourth-order valence-electron chi connectivity index (χ4n) is 3.08. The summed E-state index contributed by atoms with van der Waals surface area (Å²) < 4.78 is 21.1. The van der Waals surface area contributed by atoms with Gasteiger partial charge in [0.15, 0.2) is 5.69 Å². The third kappa shape index (κ3) is 3.13. The van der Waals surface area contributed by atoms with E-state index >= 15 is 0 Å². The number of pyridine rings is 1. The summed E-state index contributed by atoms with van der Waals surface area (Å²) in [5, 5.41) is 2.77. The number of morpholine rings is 1. The Morgan fingerprint density at radius 2 is 1.92 bits per heavy atom. The number of halogens is 1.